The molecular formula is C4H6N2NaO. The van der Waals surface area contributed by atoms with Gasteiger partial charge in [0.1, 0.15) is 0 Å². The standard InChI is InChI=1S/C4H6N2O.Na/c1-4(6-7)2-3-5;/h7H,2H2,1H3;. The van der Waals surface area contributed by atoms with Crippen molar-refractivity contribution in [2.45, 2.75) is 13.3 Å². The van der Waals surface area contributed by atoms with Gasteiger partial charge in [-0.3, -0.25) is 0 Å². The quantitative estimate of drug-likeness (QED) is 0.236. The topological polar surface area (TPSA) is 56.4 Å². The zero-order valence-electron chi connectivity index (χ0n) is 5.05. The molecule has 8 heavy (non-hydrogen) atoms. The van der Waals surface area contributed by atoms with Crippen LogP contribution < -0.4 is 0 Å². The van der Waals surface area contributed by atoms with Crippen molar-refractivity contribution in [3.05, 3.63) is 0 Å². The van der Waals surface area contributed by atoms with Gasteiger partial charge in [-0.15, -0.1) is 0 Å². The molecule has 0 spiro atoms. The molecule has 1 radical (unpaired) electrons. The summed E-state index contributed by atoms with van der Waals surface area (Å²) in [5, 5.41) is 18.6. The number of oxime groups is 1. The molecule has 0 heterocycles. The van der Waals surface area contributed by atoms with Crippen molar-refractivity contribution in [2.24, 2.45) is 5.16 Å². The van der Waals surface area contributed by atoms with E-state index in [0.29, 0.717) is 5.71 Å². The molecule has 0 aliphatic rings. The van der Waals surface area contributed by atoms with Crippen molar-refractivity contribution in [1.82, 2.24) is 0 Å². The first-order valence-corrected chi connectivity index (χ1v) is 1.85. The first-order chi connectivity index (χ1) is 3.31. The second-order valence-electron chi connectivity index (χ2n) is 1.17. The fourth-order valence-electron chi connectivity index (χ4n) is 0.150. The van der Waals surface area contributed by atoms with Crippen LogP contribution in [0.3, 0.4) is 0 Å². The van der Waals surface area contributed by atoms with E-state index in [1.807, 2.05) is 6.07 Å². The van der Waals surface area contributed by atoms with Crippen molar-refractivity contribution < 1.29 is 5.21 Å². The van der Waals surface area contributed by atoms with E-state index in [0.717, 1.165) is 0 Å². The molecule has 4 heteroatoms. The number of nitrogens with zero attached hydrogens (tertiary/aromatic N) is 2. The minimum atomic E-state index is 0. The van der Waals surface area contributed by atoms with Crippen LogP contribution in [0.15, 0.2) is 5.16 Å². The zero-order chi connectivity index (χ0) is 5.70. The zero-order valence-corrected chi connectivity index (χ0v) is 7.05. The molecule has 0 amide bonds. The number of nitriles is 1. The maximum Gasteiger partial charge on any atom is 0.0765 e. The van der Waals surface area contributed by atoms with Gasteiger partial charge in [0.25, 0.3) is 0 Å². The van der Waals surface area contributed by atoms with Crippen LogP contribution >= 0.6 is 0 Å². The fraction of sp³-hybridized carbons (Fsp3) is 0.500. The average molecular weight is 121 g/mol. The monoisotopic (exact) mass is 121 g/mol. The predicted molar refractivity (Wildman–Crippen MR) is 30.9 cm³/mol. The minimum Gasteiger partial charge on any atom is -0.411 e. The van der Waals surface area contributed by atoms with E-state index in [1.54, 1.807) is 6.92 Å². The van der Waals surface area contributed by atoms with Crippen molar-refractivity contribution in [2.75, 3.05) is 0 Å². The molecule has 39 valence electrons. The van der Waals surface area contributed by atoms with E-state index in [9.17, 15) is 0 Å². The Bertz CT molecular complexity index is 116. The summed E-state index contributed by atoms with van der Waals surface area (Å²) in [6.07, 6.45) is 0.205. The summed E-state index contributed by atoms with van der Waals surface area (Å²) < 4.78 is 0. The Kier molecular flexibility index (Phi) is 9.44. The van der Waals surface area contributed by atoms with Crippen LogP contribution in [0.2, 0.25) is 0 Å². The van der Waals surface area contributed by atoms with Gasteiger partial charge < -0.3 is 5.21 Å². The van der Waals surface area contributed by atoms with Gasteiger partial charge in [0, 0.05) is 29.6 Å². The van der Waals surface area contributed by atoms with E-state index >= 15 is 0 Å². The van der Waals surface area contributed by atoms with Crippen LogP contribution in [-0.4, -0.2) is 40.5 Å². The predicted octanol–water partition coefficient (Wildman–Crippen LogP) is 0.369. The largest absolute Gasteiger partial charge is 0.411 e. The molecule has 1 N–H and O–H groups in total. The normalized spacial score (nSPS) is 9.25. The fourth-order valence-corrected chi connectivity index (χ4v) is 0.150. The van der Waals surface area contributed by atoms with Gasteiger partial charge in [-0.1, -0.05) is 5.16 Å². The molecule has 0 saturated heterocycles. The third-order valence-corrected chi connectivity index (χ3v) is 0.506. The Morgan fingerprint density at radius 3 is 2.50 bits per heavy atom. The van der Waals surface area contributed by atoms with E-state index in [2.05, 4.69) is 5.16 Å². The van der Waals surface area contributed by atoms with Crippen LogP contribution in [0.5, 0.6) is 0 Å². The first-order valence-electron chi connectivity index (χ1n) is 1.85. The Morgan fingerprint density at radius 2 is 2.38 bits per heavy atom. The van der Waals surface area contributed by atoms with Crippen molar-refractivity contribution in [1.29, 1.82) is 5.26 Å². The van der Waals surface area contributed by atoms with Gasteiger partial charge in [0.2, 0.25) is 0 Å². The summed E-state index contributed by atoms with van der Waals surface area (Å²) in [7, 11) is 0. The van der Waals surface area contributed by atoms with Gasteiger partial charge in [0.15, 0.2) is 0 Å². The summed E-state index contributed by atoms with van der Waals surface area (Å²) in [6, 6.07) is 1.83. The Balaban J connectivity index is 0. The van der Waals surface area contributed by atoms with Gasteiger partial charge in [-0.05, 0) is 6.92 Å². The number of hydrogen-bond donors (Lipinski definition) is 1. The molecule has 0 aliphatic heterocycles. The SMILES string of the molecule is CC(CC#N)=NO.[Na]. The van der Waals surface area contributed by atoms with Crippen LogP contribution in [-0.2, 0) is 0 Å². The van der Waals surface area contributed by atoms with E-state index in [4.69, 9.17) is 10.5 Å². The molecule has 0 aliphatic carbocycles. The van der Waals surface area contributed by atoms with Crippen LogP contribution in [0.1, 0.15) is 13.3 Å². The summed E-state index contributed by atoms with van der Waals surface area (Å²) in [4.78, 5) is 0. The van der Waals surface area contributed by atoms with Crippen LogP contribution in [0, 0.1) is 11.3 Å². The summed E-state index contributed by atoms with van der Waals surface area (Å²) in [6.45, 7) is 1.59. The second-order valence-corrected chi connectivity index (χ2v) is 1.17. The van der Waals surface area contributed by atoms with Crippen molar-refractivity contribution in [3.8, 4) is 6.07 Å². The van der Waals surface area contributed by atoms with Gasteiger partial charge in [-0.25, -0.2) is 0 Å². The second kappa shape index (κ2) is 6.96. The average Bonchev–Trinajstić information content (AvgIpc) is 1.68. The molecule has 3 nitrogen and oxygen atoms in total. The molecule has 0 aromatic carbocycles. The first kappa shape index (κ1) is 10.9. The molecule has 0 aromatic rings. The number of hydrogen-bond acceptors (Lipinski definition) is 3. The molecule has 0 saturated carbocycles. The maximum absolute atomic E-state index is 7.93. The van der Waals surface area contributed by atoms with Crippen molar-refractivity contribution in [3.63, 3.8) is 0 Å². The molecule has 0 rings (SSSR count). The molecule has 0 aromatic heterocycles. The molecule has 0 fully saturated rings. The molecule has 0 atom stereocenters. The molecule has 0 unspecified atom stereocenters. The third-order valence-electron chi connectivity index (χ3n) is 0.506. The Hall–Kier alpha value is -0.0400. The summed E-state index contributed by atoms with van der Waals surface area (Å²) in [5.74, 6) is 0. The van der Waals surface area contributed by atoms with E-state index in [-0.39, 0.29) is 36.0 Å². The minimum absolute atomic E-state index is 0. The van der Waals surface area contributed by atoms with Crippen molar-refractivity contribution >= 4 is 35.3 Å². The van der Waals surface area contributed by atoms with Crippen LogP contribution in [0.25, 0.3) is 0 Å². The summed E-state index contributed by atoms with van der Waals surface area (Å²) >= 11 is 0. The van der Waals surface area contributed by atoms with E-state index < -0.39 is 0 Å². The van der Waals surface area contributed by atoms with Gasteiger partial charge in [-0.2, -0.15) is 5.26 Å². The Morgan fingerprint density at radius 1 is 1.88 bits per heavy atom. The maximum atomic E-state index is 7.93. The van der Waals surface area contributed by atoms with E-state index in [1.165, 1.54) is 0 Å². The smallest absolute Gasteiger partial charge is 0.0765 e. The van der Waals surface area contributed by atoms with Crippen LogP contribution in [0.4, 0.5) is 0 Å². The Labute approximate surface area is 70.3 Å². The molecular weight excluding hydrogens is 115 g/mol. The van der Waals surface area contributed by atoms with Gasteiger partial charge in [0.05, 0.1) is 18.2 Å². The van der Waals surface area contributed by atoms with Gasteiger partial charge >= 0.3 is 0 Å². The third kappa shape index (κ3) is 5.96. The summed E-state index contributed by atoms with van der Waals surface area (Å²) in [5.41, 5.74) is 0.447. The number of rotatable bonds is 1. The molecule has 0 bridgehead atoms.